The molecule has 0 aliphatic rings. The highest BCUT2D eigenvalue weighted by Gasteiger charge is 2.03. The monoisotopic (exact) mass is 225 g/mol. The molecule has 2 N–H and O–H groups in total. The van der Waals surface area contributed by atoms with Crippen LogP contribution in [0.15, 0.2) is 36.9 Å². The van der Waals surface area contributed by atoms with Gasteiger partial charge in [0.2, 0.25) is 0 Å². The van der Waals surface area contributed by atoms with E-state index in [2.05, 4.69) is 37.8 Å². The van der Waals surface area contributed by atoms with Gasteiger partial charge in [0.15, 0.2) is 0 Å². The molecule has 0 aromatic heterocycles. The quantitative estimate of drug-likeness (QED) is 0.761. The first-order chi connectivity index (χ1) is 6.77. The fourth-order valence-electron chi connectivity index (χ4n) is 1.46. The Bertz CT molecular complexity index is 279. The molecule has 1 rings (SSSR count). The van der Waals surface area contributed by atoms with Crippen LogP contribution in [0.4, 0.5) is 0 Å². The third-order valence-corrected chi connectivity index (χ3v) is 2.50. The first-order valence-electron chi connectivity index (χ1n) is 5.23. The minimum absolute atomic E-state index is 0. The van der Waals surface area contributed by atoms with Gasteiger partial charge in [-0.25, -0.2) is 0 Å². The van der Waals surface area contributed by atoms with E-state index < -0.39 is 0 Å². The van der Waals surface area contributed by atoms with Gasteiger partial charge in [0, 0.05) is 6.04 Å². The Morgan fingerprint density at radius 3 is 2.40 bits per heavy atom. The Morgan fingerprint density at radius 2 is 1.93 bits per heavy atom. The van der Waals surface area contributed by atoms with Gasteiger partial charge in [-0.3, -0.25) is 0 Å². The normalized spacial score (nSPS) is 11.6. The van der Waals surface area contributed by atoms with Crippen molar-refractivity contribution in [2.45, 2.75) is 32.2 Å². The molecule has 0 aliphatic heterocycles. The van der Waals surface area contributed by atoms with E-state index in [1.807, 2.05) is 6.08 Å². The first-order valence-corrected chi connectivity index (χ1v) is 5.23. The summed E-state index contributed by atoms with van der Waals surface area (Å²) in [7, 11) is 0. The van der Waals surface area contributed by atoms with Crippen LogP contribution in [0.25, 0.3) is 0 Å². The van der Waals surface area contributed by atoms with Gasteiger partial charge in [-0.2, -0.15) is 0 Å². The van der Waals surface area contributed by atoms with E-state index in [-0.39, 0.29) is 18.4 Å². The summed E-state index contributed by atoms with van der Waals surface area (Å²) < 4.78 is 0. The molecular weight excluding hydrogens is 206 g/mol. The molecule has 0 aliphatic carbocycles. The van der Waals surface area contributed by atoms with Crippen molar-refractivity contribution in [2.24, 2.45) is 5.73 Å². The lowest BCUT2D eigenvalue weighted by Gasteiger charge is -2.10. The number of nitrogens with two attached hydrogens (primary N) is 1. The van der Waals surface area contributed by atoms with E-state index in [0.29, 0.717) is 0 Å². The maximum absolute atomic E-state index is 6.02. The largest absolute Gasteiger partial charge is 0.324 e. The highest BCUT2D eigenvalue weighted by Crippen LogP contribution is 2.16. The van der Waals surface area contributed by atoms with E-state index in [0.717, 1.165) is 19.3 Å². The number of allylic oxidation sites excluding steroid dienone is 1. The minimum atomic E-state index is 0. The van der Waals surface area contributed by atoms with Crippen molar-refractivity contribution in [3.05, 3.63) is 48.0 Å². The smallest absolute Gasteiger partial charge is 0.0297 e. The standard InChI is InChI=1S/C13H19N.ClH/c1-3-5-6-13(14)12-9-7-11(4-2)8-10-12;/h3,7-10,13H,1,4-6,14H2,2H3;1H/t13-;/m1./s1. The molecule has 2 heteroatoms. The van der Waals surface area contributed by atoms with Crippen LogP contribution >= 0.6 is 12.4 Å². The molecule has 0 saturated carbocycles. The van der Waals surface area contributed by atoms with Crippen LogP contribution in [0.5, 0.6) is 0 Å². The van der Waals surface area contributed by atoms with Crippen molar-refractivity contribution in [3.8, 4) is 0 Å². The average Bonchev–Trinajstić information content (AvgIpc) is 2.26. The van der Waals surface area contributed by atoms with Crippen LogP contribution in [0.2, 0.25) is 0 Å². The predicted molar refractivity (Wildman–Crippen MR) is 69.4 cm³/mol. The van der Waals surface area contributed by atoms with Crippen LogP contribution in [0, 0.1) is 0 Å². The maximum atomic E-state index is 6.02. The summed E-state index contributed by atoms with van der Waals surface area (Å²) >= 11 is 0. The number of hydrogen-bond donors (Lipinski definition) is 1. The summed E-state index contributed by atoms with van der Waals surface area (Å²) in [4.78, 5) is 0. The molecule has 1 atom stereocenters. The average molecular weight is 226 g/mol. The summed E-state index contributed by atoms with van der Waals surface area (Å²) in [6.07, 6.45) is 4.97. The van der Waals surface area contributed by atoms with Crippen molar-refractivity contribution in [3.63, 3.8) is 0 Å². The molecule has 1 aromatic carbocycles. The topological polar surface area (TPSA) is 26.0 Å². The van der Waals surface area contributed by atoms with Gasteiger partial charge in [0.05, 0.1) is 0 Å². The molecule has 0 saturated heterocycles. The molecule has 0 fully saturated rings. The van der Waals surface area contributed by atoms with Gasteiger partial charge in [-0.1, -0.05) is 37.3 Å². The highest BCUT2D eigenvalue weighted by atomic mass is 35.5. The van der Waals surface area contributed by atoms with Gasteiger partial charge in [0.1, 0.15) is 0 Å². The third kappa shape index (κ3) is 4.50. The van der Waals surface area contributed by atoms with Crippen molar-refractivity contribution in [1.29, 1.82) is 0 Å². The Kier molecular flexibility index (Phi) is 7.10. The second kappa shape index (κ2) is 7.49. The van der Waals surface area contributed by atoms with Gasteiger partial charge in [0.25, 0.3) is 0 Å². The zero-order valence-corrected chi connectivity index (χ0v) is 10.1. The second-order valence-corrected chi connectivity index (χ2v) is 3.57. The number of halogens is 1. The summed E-state index contributed by atoms with van der Waals surface area (Å²) in [5.41, 5.74) is 8.62. The molecule has 0 heterocycles. The van der Waals surface area contributed by atoms with Crippen LogP contribution in [-0.4, -0.2) is 0 Å². The molecule has 15 heavy (non-hydrogen) atoms. The molecule has 0 radical (unpaired) electrons. The number of rotatable bonds is 5. The number of benzene rings is 1. The van der Waals surface area contributed by atoms with Crippen molar-refractivity contribution in [1.82, 2.24) is 0 Å². The summed E-state index contributed by atoms with van der Waals surface area (Å²) in [5, 5.41) is 0. The van der Waals surface area contributed by atoms with Gasteiger partial charge < -0.3 is 5.73 Å². The van der Waals surface area contributed by atoms with Crippen molar-refractivity contribution in [2.75, 3.05) is 0 Å². The molecular formula is C13H20ClN. The summed E-state index contributed by atoms with van der Waals surface area (Å²) in [5.74, 6) is 0. The fourth-order valence-corrected chi connectivity index (χ4v) is 1.46. The molecule has 1 aromatic rings. The lowest BCUT2D eigenvalue weighted by molar-refractivity contribution is 0.661. The molecule has 84 valence electrons. The van der Waals surface area contributed by atoms with Crippen LogP contribution in [-0.2, 0) is 6.42 Å². The molecule has 0 unspecified atom stereocenters. The van der Waals surface area contributed by atoms with Gasteiger partial charge >= 0.3 is 0 Å². The Labute approximate surface area is 98.8 Å². The molecule has 1 nitrogen and oxygen atoms in total. The van der Waals surface area contributed by atoms with Gasteiger partial charge in [-0.05, 0) is 30.4 Å². The lowest BCUT2D eigenvalue weighted by Crippen LogP contribution is -2.09. The predicted octanol–water partition coefficient (Wildman–Crippen LogP) is 3.64. The lowest BCUT2D eigenvalue weighted by atomic mass is 10.0. The van der Waals surface area contributed by atoms with E-state index in [1.54, 1.807) is 0 Å². The third-order valence-electron chi connectivity index (χ3n) is 2.50. The number of aryl methyl sites for hydroxylation is 1. The summed E-state index contributed by atoms with van der Waals surface area (Å²) in [6.45, 7) is 5.86. The second-order valence-electron chi connectivity index (χ2n) is 3.57. The van der Waals surface area contributed by atoms with Crippen LogP contribution in [0.3, 0.4) is 0 Å². The van der Waals surface area contributed by atoms with E-state index in [9.17, 15) is 0 Å². The Morgan fingerprint density at radius 1 is 1.33 bits per heavy atom. The van der Waals surface area contributed by atoms with E-state index in [1.165, 1.54) is 11.1 Å². The maximum Gasteiger partial charge on any atom is 0.0297 e. The zero-order valence-electron chi connectivity index (χ0n) is 9.28. The highest BCUT2D eigenvalue weighted by molar-refractivity contribution is 5.85. The van der Waals surface area contributed by atoms with Crippen molar-refractivity contribution >= 4 is 12.4 Å². The van der Waals surface area contributed by atoms with Crippen molar-refractivity contribution < 1.29 is 0 Å². The van der Waals surface area contributed by atoms with E-state index >= 15 is 0 Å². The fraction of sp³-hybridized carbons (Fsp3) is 0.385. The van der Waals surface area contributed by atoms with Crippen LogP contribution in [0.1, 0.15) is 36.9 Å². The SMILES string of the molecule is C=CCC[C@@H](N)c1ccc(CC)cc1.Cl. The minimum Gasteiger partial charge on any atom is -0.324 e. The summed E-state index contributed by atoms with van der Waals surface area (Å²) in [6, 6.07) is 8.73. The van der Waals surface area contributed by atoms with Gasteiger partial charge in [-0.15, -0.1) is 19.0 Å². The first kappa shape index (κ1) is 14.2. The Hall–Kier alpha value is -0.790. The zero-order chi connectivity index (χ0) is 10.4. The number of hydrogen-bond acceptors (Lipinski definition) is 1. The molecule has 0 bridgehead atoms. The molecule has 0 amide bonds. The van der Waals surface area contributed by atoms with E-state index in [4.69, 9.17) is 5.73 Å². The molecule has 0 spiro atoms. The van der Waals surface area contributed by atoms with Crippen LogP contribution < -0.4 is 5.73 Å². The Balaban J connectivity index is 0.00000196.